The molecule has 1 aromatic rings. The number of nitrogens with zero attached hydrogens (tertiary/aromatic N) is 2. The van der Waals surface area contributed by atoms with Crippen molar-refractivity contribution in [3.63, 3.8) is 0 Å². The van der Waals surface area contributed by atoms with Gasteiger partial charge in [0.15, 0.2) is 0 Å². The van der Waals surface area contributed by atoms with E-state index in [4.69, 9.17) is 11.6 Å². The number of carbonyl (C=O) groups is 1. The van der Waals surface area contributed by atoms with Crippen LogP contribution in [0.3, 0.4) is 0 Å². The van der Waals surface area contributed by atoms with Crippen molar-refractivity contribution >= 4 is 33.2 Å². The molecule has 0 spiro atoms. The summed E-state index contributed by atoms with van der Waals surface area (Å²) >= 11 is 5.90. The van der Waals surface area contributed by atoms with Crippen LogP contribution in [0.1, 0.15) is 39.0 Å². The van der Waals surface area contributed by atoms with Crippen molar-refractivity contribution in [1.82, 2.24) is 4.90 Å². The molecule has 1 amide bonds. The maximum absolute atomic E-state index is 13.0. The lowest BCUT2D eigenvalue weighted by atomic mass is 10.1. The smallest absolute Gasteiger partial charge is 0.246 e. The van der Waals surface area contributed by atoms with Crippen LogP contribution < -0.4 is 4.31 Å². The Morgan fingerprint density at radius 2 is 1.71 bits per heavy atom. The minimum absolute atomic E-state index is 0.111. The predicted octanol–water partition coefficient (Wildman–Crippen LogP) is 3.29. The molecule has 7 heteroatoms. The van der Waals surface area contributed by atoms with E-state index in [1.165, 1.54) is 4.31 Å². The van der Waals surface area contributed by atoms with Gasteiger partial charge in [0.25, 0.3) is 0 Å². The zero-order valence-electron chi connectivity index (χ0n) is 14.2. The van der Waals surface area contributed by atoms with Gasteiger partial charge in [-0.05, 0) is 43.5 Å². The van der Waals surface area contributed by atoms with Crippen molar-refractivity contribution in [1.29, 1.82) is 0 Å². The molecule has 0 unspecified atom stereocenters. The number of amides is 1. The Labute approximate surface area is 149 Å². The molecule has 0 radical (unpaired) electrons. The van der Waals surface area contributed by atoms with Crippen LogP contribution >= 0.6 is 11.6 Å². The van der Waals surface area contributed by atoms with Gasteiger partial charge in [0, 0.05) is 18.1 Å². The monoisotopic (exact) mass is 372 g/mol. The quantitative estimate of drug-likeness (QED) is 0.796. The molecule has 0 aliphatic carbocycles. The summed E-state index contributed by atoms with van der Waals surface area (Å²) in [6.45, 7) is 3.25. The molecule has 0 saturated carbocycles. The first-order chi connectivity index (χ1) is 11.3. The summed E-state index contributed by atoms with van der Waals surface area (Å²) in [4.78, 5) is 14.8. The van der Waals surface area contributed by atoms with Crippen molar-refractivity contribution in [3.8, 4) is 0 Å². The topological polar surface area (TPSA) is 57.7 Å². The maximum Gasteiger partial charge on any atom is 0.246 e. The van der Waals surface area contributed by atoms with Crippen molar-refractivity contribution in [2.45, 2.75) is 45.1 Å². The van der Waals surface area contributed by atoms with Gasteiger partial charge < -0.3 is 4.90 Å². The predicted molar refractivity (Wildman–Crippen MR) is 97.9 cm³/mol. The van der Waals surface area contributed by atoms with Gasteiger partial charge in [-0.3, -0.25) is 9.10 Å². The molecule has 1 saturated heterocycles. The highest BCUT2D eigenvalue weighted by Gasteiger charge is 2.34. The van der Waals surface area contributed by atoms with Gasteiger partial charge in [0.2, 0.25) is 15.9 Å². The fraction of sp³-hybridized carbons (Fsp3) is 0.588. The summed E-state index contributed by atoms with van der Waals surface area (Å²) in [5.41, 5.74) is 0.469. The van der Waals surface area contributed by atoms with Crippen LogP contribution in [0.5, 0.6) is 0 Å². The number of benzene rings is 1. The van der Waals surface area contributed by atoms with Crippen LogP contribution in [0, 0.1) is 0 Å². The Hall–Kier alpha value is -1.27. The summed E-state index contributed by atoms with van der Waals surface area (Å²) in [6.07, 6.45) is 5.75. The molecular formula is C17H25ClN2O3S. The van der Waals surface area contributed by atoms with E-state index < -0.39 is 16.1 Å². The Morgan fingerprint density at radius 1 is 1.17 bits per heavy atom. The van der Waals surface area contributed by atoms with E-state index in [0.29, 0.717) is 30.2 Å². The molecule has 0 aromatic heterocycles. The molecule has 1 heterocycles. The number of sulfonamides is 1. The van der Waals surface area contributed by atoms with Crippen LogP contribution in [0.2, 0.25) is 5.02 Å². The Bertz CT molecular complexity index is 653. The molecule has 134 valence electrons. The second kappa shape index (κ2) is 8.21. The average molecular weight is 373 g/mol. The fourth-order valence-corrected chi connectivity index (χ4v) is 4.47. The number of hydrogen-bond acceptors (Lipinski definition) is 3. The summed E-state index contributed by atoms with van der Waals surface area (Å²) in [6, 6.07) is 5.83. The van der Waals surface area contributed by atoms with Gasteiger partial charge in [-0.25, -0.2) is 8.42 Å². The maximum atomic E-state index is 13.0. The highest BCUT2D eigenvalue weighted by atomic mass is 35.5. The van der Waals surface area contributed by atoms with E-state index in [2.05, 4.69) is 0 Å². The van der Waals surface area contributed by atoms with Crippen LogP contribution in [-0.4, -0.2) is 44.6 Å². The Kier molecular flexibility index (Phi) is 6.52. The van der Waals surface area contributed by atoms with Crippen LogP contribution in [0.15, 0.2) is 24.3 Å². The Balaban J connectivity index is 2.34. The number of anilines is 1. The molecule has 0 N–H and O–H groups in total. The molecule has 24 heavy (non-hydrogen) atoms. The minimum Gasteiger partial charge on any atom is -0.341 e. The van der Waals surface area contributed by atoms with Gasteiger partial charge in [-0.1, -0.05) is 31.4 Å². The summed E-state index contributed by atoms with van der Waals surface area (Å²) < 4.78 is 26.0. The number of halogens is 1. The van der Waals surface area contributed by atoms with E-state index in [9.17, 15) is 13.2 Å². The Morgan fingerprint density at radius 3 is 2.17 bits per heavy atom. The van der Waals surface area contributed by atoms with E-state index in [1.54, 1.807) is 24.3 Å². The lowest BCUT2D eigenvalue weighted by molar-refractivity contribution is -0.132. The van der Waals surface area contributed by atoms with E-state index in [1.807, 2.05) is 11.8 Å². The molecule has 1 fully saturated rings. The van der Waals surface area contributed by atoms with E-state index in [-0.39, 0.29) is 5.91 Å². The third kappa shape index (κ3) is 4.63. The van der Waals surface area contributed by atoms with Crippen molar-refractivity contribution in [3.05, 3.63) is 29.3 Å². The van der Waals surface area contributed by atoms with E-state index >= 15 is 0 Å². The number of rotatable bonds is 5. The van der Waals surface area contributed by atoms with Crippen LogP contribution in [-0.2, 0) is 14.8 Å². The molecule has 0 bridgehead atoms. The van der Waals surface area contributed by atoms with Crippen LogP contribution in [0.4, 0.5) is 5.69 Å². The molecule has 2 rings (SSSR count). The highest BCUT2D eigenvalue weighted by molar-refractivity contribution is 7.92. The van der Waals surface area contributed by atoms with Gasteiger partial charge in [-0.2, -0.15) is 0 Å². The van der Waals surface area contributed by atoms with Crippen molar-refractivity contribution in [2.24, 2.45) is 0 Å². The zero-order valence-corrected chi connectivity index (χ0v) is 15.8. The summed E-state index contributed by atoms with van der Waals surface area (Å²) in [7, 11) is -3.59. The lowest BCUT2D eigenvalue weighted by Crippen LogP contribution is -2.51. The summed E-state index contributed by atoms with van der Waals surface area (Å²) in [5.74, 6) is -0.111. The number of hydrogen-bond donors (Lipinski definition) is 0. The number of likely N-dealkylation sites (tertiary alicyclic amines) is 1. The first-order valence-electron chi connectivity index (χ1n) is 8.38. The molecule has 5 nitrogen and oxygen atoms in total. The van der Waals surface area contributed by atoms with Crippen molar-refractivity contribution < 1.29 is 13.2 Å². The molecule has 1 aliphatic heterocycles. The van der Waals surface area contributed by atoms with Gasteiger partial charge in [0.1, 0.15) is 6.04 Å². The van der Waals surface area contributed by atoms with E-state index in [0.717, 1.165) is 31.9 Å². The third-order valence-corrected chi connectivity index (χ3v) is 5.74. The minimum atomic E-state index is -3.59. The second-order valence-electron chi connectivity index (χ2n) is 6.20. The highest BCUT2D eigenvalue weighted by Crippen LogP contribution is 2.25. The third-order valence-electron chi connectivity index (χ3n) is 4.31. The lowest BCUT2D eigenvalue weighted by Gasteiger charge is -2.33. The fourth-order valence-electron chi connectivity index (χ4n) is 3.13. The van der Waals surface area contributed by atoms with Gasteiger partial charge in [-0.15, -0.1) is 0 Å². The first-order valence-corrected chi connectivity index (χ1v) is 10.6. The average Bonchev–Trinajstić information content (AvgIpc) is 2.81. The van der Waals surface area contributed by atoms with Crippen molar-refractivity contribution in [2.75, 3.05) is 23.7 Å². The first kappa shape index (κ1) is 19.1. The zero-order chi connectivity index (χ0) is 17.7. The standard InChI is InChI=1S/C17H25ClN2O3S/c1-3-16(17(21)19-12-6-4-5-7-13-19)20(24(2,22)23)15-10-8-14(18)9-11-15/h8-11,16H,3-7,12-13H2,1-2H3/t16-/m0/s1. The molecular weight excluding hydrogens is 348 g/mol. The second-order valence-corrected chi connectivity index (χ2v) is 8.49. The largest absolute Gasteiger partial charge is 0.341 e. The summed E-state index contributed by atoms with van der Waals surface area (Å²) in [5, 5.41) is 0.527. The molecule has 1 aromatic carbocycles. The SMILES string of the molecule is CC[C@@H](C(=O)N1CCCCCC1)N(c1ccc(Cl)cc1)S(C)(=O)=O. The molecule has 1 atom stereocenters. The normalized spacial score (nSPS) is 17.2. The molecule has 1 aliphatic rings. The van der Waals surface area contributed by atoms with Gasteiger partial charge in [0.05, 0.1) is 11.9 Å². The number of carbonyl (C=O) groups excluding carboxylic acids is 1. The van der Waals surface area contributed by atoms with Gasteiger partial charge >= 0.3 is 0 Å². The van der Waals surface area contributed by atoms with Crippen LogP contribution in [0.25, 0.3) is 0 Å².